The minimum atomic E-state index is -1.60. The molecule has 0 bridgehead atoms. The van der Waals surface area contributed by atoms with Crippen molar-refractivity contribution in [2.24, 2.45) is 5.41 Å². The maximum Gasteiger partial charge on any atom is 0.406 e. The topological polar surface area (TPSA) is 117 Å². The summed E-state index contributed by atoms with van der Waals surface area (Å²) in [5.74, 6) is -1.48. The molecule has 2 N–H and O–H groups in total. The van der Waals surface area contributed by atoms with Crippen LogP contribution < -0.4 is 15.7 Å². The van der Waals surface area contributed by atoms with Gasteiger partial charge in [-0.1, -0.05) is 0 Å². The molecule has 8 heteroatoms. The highest BCUT2D eigenvalue weighted by Crippen LogP contribution is 2.16. The first kappa shape index (κ1) is 15.0. The lowest BCUT2D eigenvalue weighted by atomic mass is 9.93. The number of rotatable bonds is 5. The van der Waals surface area contributed by atoms with Gasteiger partial charge in [-0.3, -0.25) is 0 Å². The van der Waals surface area contributed by atoms with Crippen molar-refractivity contribution in [2.45, 2.75) is 6.92 Å². The highest BCUT2D eigenvalue weighted by Gasteiger charge is 2.30. The Morgan fingerprint density at radius 2 is 1.41 bits per heavy atom. The molecule has 0 unspecified atom stereocenters. The third kappa shape index (κ3) is 5.05. The Bertz CT molecular complexity index is 284. The number of alkyl carbamates (subject to hydrolysis) is 2. The minimum Gasteiger partial charge on any atom is -0.549 e. The molecule has 98 valence electrons. The molecule has 17 heavy (non-hydrogen) atoms. The number of amides is 2. The molecule has 0 atom stereocenters. The Kier molecular flexibility index (Phi) is 5.79. The van der Waals surface area contributed by atoms with E-state index in [-0.39, 0.29) is 0 Å². The molecule has 0 aromatic carbocycles. The van der Waals surface area contributed by atoms with Gasteiger partial charge in [-0.2, -0.15) is 0 Å². The Hall–Kier alpha value is -1.99. The van der Waals surface area contributed by atoms with Gasteiger partial charge in [0.05, 0.1) is 11.4 Å². The Morgan fingerprint density at radius 3 is 1.65 bits per heavy atom. The molecule has 0 rings (SSSR count). The standard InChI is InChI=1S/C9H16N2O6/c1-9(6(12)13,4-16-7(14)10-2)5-17-8(15)11-3/h4-5H2,1-3H3,(H,10,14)(H,11,15)(H,12,13)/p-1. The molecule has 0 aromatic heterocycles. The summed E-state index contributed by atoms with van der Waals surface area (Å²) in [5, 5.41) is 15.2. The van der Waals surface area contributed by atoms with E-state index in [0.717, 1.165) is 0 Å². The maximum absolute atomic E-state index is 10.9. The molecule has 2 amide bonds. The summed E-state index contributed by atoms with van der Waals surface area (Å²) in [6.07, 6.45) is -1.56. The number of nitrogens with one attached hydrogen (secondary N) is 2. The van der Waals surface area contributed by atoms with E-state index in [0.29, 0.717) is 0 Å². The number of carbonyl (C=O) groups excluding carboxylic acids is 3. The summed E-state index contributed by atoms with van der Waals surface area (Å²) in [4.78, 5) is 32.5. The number of aliphatic carboxylic acids is 1. The molecular weight excluding hydrogens is 232 g/mol. The summed E-state index contributed by atoms with van der Waals surface area (Å²) in [7, 11) is 2.67. The predicted molar refractivity (Wildman–Crippen MR) is 53.9 cm³/mol. The quantitative estimate of drug-likeness (QED) is 0.607. The van der Waals surface area contributed by atoms with E-state index < -0.39 is 36.8 Å². The highest BCUT2D eigenvalue weighted by molar-refractivity contribution is 5.74. The van der Waals surface area contributed by atoms with Crippen molar-refractivity contribution < 1.29 is 29.0 Å². The normalized spacial score (nSPS) is 10.3. The first-order chi connectivity index (χ1) is 7.85. The second kappa shape index (κ2) is 6.56. The van der Waals surface area contributed by atoms with Crippen molar-refractivity contribution in [3.63, 3.8) is 0 Å². The van der Waals surface area contributed by atoms with Crippen molar-refractivity contribution in [3.8, 4) is 0 Å². The van der Waals surface area contributed by atoms with Crippen LogP contribution in [0.25, 0.3) is 0 Å². The summed E-state index contributed by atoms with van der Waals surface area (Å²) in [6, 6.07) is 0. The molecule has 8 nitrogen and oxygen atoms in total. The maximum atomic E-state index is 10.9. The second-order valence-electron chi connectivity index (χ2n) is 3.50. The molecule has 0 radical (unpaired) electrons. The van der Waals surface area contributed by atoms with E-state index >= 15 is 0 Å². The average Bonchev–Trinajstić information content (AvgIpc) is 2.32. The molecule has 0 saturated carbocycles. The third-order valence-corrected chi connectivity index (χ3v) is 1.94. The van der Waals surface area contributed by atoms with Crippen LogP contribution in [-0.4, -0.2) is 45.5 Å². The van der Waals surface area contributed by atoms with E-state index in [4.69, 9.17) is 0 Å². The molecular formula is C9H15N2O6-. The van der Waals surface area contributed by atoms with E-state index in [1.165, 1.54) is 21.0 Å². The van der Waals surface area contributed by atoms with E-state index in [1.54, 1.807) is 0 Å². The van der Waals surface area contributed by atoms with Crippen molar-refractivity contribution in [1.29, 1.82) is 0 Å². The summed E-state index contributed by atoms with van der Waals surface area (Å²) >= 11 is 0. The fourth-order valence-corrected chi connectivity index (χ4v) is 0.754. The molecule has 0 aromatic rings. The van der Waals surface area contributed by atoms with Crippen molar-refractivity contribution in [2.75, 3.05) is 27.3 Å². The van der Waals surface area contributed by atoms with Crippen molar-refractivity contribution in [3.05, 3.63) is 0 Å². The molecule has 0 aliphatic carbocycles. The molecule has 0 aliphatic rings. The lowest BCUT2D eigenvalue weighted by Crippen LogP contribution is -2.48. The van der Waals surface area contributed by atoms with Crippen LogP contribution in [0.4, 0.5) is 9.59 Å². The summed E-state index contributed by atoms with van der Waals surface area (Å²) in [5.41, 5.74) is -1.60. The van der Waals surface area contributed by atoms with Gasteiger partial charge in [0.2, 0.25) is 0 Å². The van der Waals surface area contributed by atoms with E-state index in [1.807, 2.05) is 0 Å². The van der Waals surface area contributed by atoms with Crippen molar-refractivity contribution in [1.82, 2.24) is 10.6 Å². The van der Waals surface area contributed by atoms with Gasteiger partial charge < -0.3 is 30.0 Å². The second-order valence-corrected chi connectivity index (χ2v) is 3.50. The third-order valence-electron chi connectivity index (χ3n) is 1.94. The van der Waals surface area contributed by atoms with Crippen LogP contribution in [0.1, 0.15) is 6.92 Å². The lowest BCUT2D eigenvalue weighted by molar-refractivity contribution is -0.321. The smallest absolute Gasteiger partial charge is 0.406 e. The minimum absolute atomic E-state index is 0.466. The number of carbonyl (C=O) groups is 3. The van der Waals surface area contributed by atoms with Crippen LogP contribution >= 0.6 is 0 Å². The Balaban J connectivity index is 4.41. The average molecular weight is 247 g/mol. The van der Waals surface area contributed by atoms with E-state index in [2.05, 4.69) is 20.1 Å². The summed E-state index contributed by atoms with van der Waals surface area (Å²) < 4.78 is 9.20. The van der Waals surface area contributed by atoms with E-state index in [9.17, 15) is 19.5 Å². The van der Waals surface area contributed by atoms with Gasteiger partial charge in [-0.05, 0) is 6.92 Å². The number of hydrogen-bond acceptors (Lipinski definition) is 6. The monoisotopic (exact) mass is 247 g/mol. The van der Waals surface area contributed by atoms with Crippen LogP contribution in [0.15, 0.2) is 0 Å². The number of ether oxygens (including phenoxy) is 2. The number of hydrogen-bond donors (Lipinski definition) is 2. The van der Waals surface area contributed by atoms with Gasteiger partial charge in [0.25, 0.3) is 0 Å². The van der Waals surface area contributed by atoms with Crippen LogP contribution in [0.2, 0.25) is 0 Å². The lowest BCUT2D eigenvalue weighted by Gasteiger charge is -2.29. The fourth-order valence-electron chi connectivity index (χ4n) is 0.754. The molecule has 0 fully saturated rings. The van der Waals surface area contributed by atoms with Crippen LogP contribution in [0.5, 0.6) is 0 Å². The van der Waals surface area contributed by atoms with Crippen LogP contribution in [0, 0.1) is 5.41 Å². The zero-order chi connectivity index (χ0) is 13.5. The van der Waals surface area contributed by atoms with Gasteiger partial charge in [0.15, 0.2) is 0 Å². The first-order valence-corrected chi connectivity index (χ1v) is 4.76. The fraction of sp³-hybridized carbons (Fsp3) is 0.667. The van der Waals surface area contributed by atoms with Crippen molar-refractivity contribution >= 4 is 18.2 Å². The Morgan fingerprint density at radius 1 is 1.06 bits per heavy atom. The highest BCUT2D eigenvalue weighted by atomic mass is 16.6. The first-order valence-electron chi connectivity index (χ1n) is 4.76. The van der Waals surface area contributed by atoms with Gasteiger partial charge >= 0.3 is 12.2 Å². The van der Waals surface area contributed by atoms with Gasteiger partial charge in [-0.15, -0.1) is 0 Å². The van der Waals surface area contributed by atoms with Gasteiger partial charge in [0, 0.05) is 14.1 Å². The predicted octanol–water partition coefficient (Wildman–Crippen LogP) is -1.55. The summed E-state index contributed by atoms with van der Waals surface area (Å²) in [6.45, 7) is 0.312. The number of carboxylic acid groups (broad SMARTS) is 1. The van der Waals surface area contributed by atoms with Gasteiger partial charge in [-0.25, -0.2) is 9.59 Å². The molecule has 0 saturated heterocycles. The zero-order valence-corrected chi connectivity index (χ0v) is 9.86. The zero-order valence-electron chi connectivity index (χ0n) is 9.86. The molecule has 0 heterocycles. The van der Waals surface area contributed by atoms with Gasteiger partial charge in [0.1, 0.15) is 13.2 Å². The molecule has 0 spiro atoms. The van der Waals surface area contributed by atoms with Crippen LogP contribution in [0.3, 0.4) is 0 Å². The SMILES string of the molecule is CNC(=O)OCC(C)(COC(=O)NC)C(=O)[O-]. The number of carboxylic acids is 1. The Labute approximate surface area is 98.3 Å². The largest absolute Gasteiger partial charge is 0.549 e. The molecule has 0 aliphatic heterocycles. The van der Waals surface area contributed by atoms with Crippen LogP contribution in [-0.2, 0) is 14.3 Å².